The highest BCUT2D eigenvalue weighted by Gasteiger charge is 2.56. The predicted molar refractivity (Wildman–Crippen MR) is 119 cm³/mol. The molecule has 1 spiro atoms. The highest BCUT2D eigenvalue weighted by molar-refractivity contribution is 7.15. The minimum absolute atomic E-state index is 0. The van der Waals surface area contributed by atoms with Gasteiger partial charge < -0.3 is 9.88 Å². The van der Waals surface area contributed by atoms with Crippen LogP contribution >= 0.6 is 23.7 Å². The van der Waals surface area contributed by atoms with Crippen molar-refractivity contribution in [2.24, 2.45) is 19.5 Å². The Balaban J connectivity index is 0.00000205. The van der Waals surface area contributed by atoms with Gasteiger partial charge in [0.15, 0.2) is 0 Å². The van der Waals surface area contributed by atoms with Crippen LogP contribution in [0.5, 0.6) is 0 Å². The average Bonchev–Trinajstić information content (AvgIpc) is 3.12. The molecule has 5 rings (SSSR count). The van der Waals surface area contributed by atoms with E-state index in [0.29, 0.717) is 11.5 Å². The van der Waals surface area contributed by atoms with Gasteiger partial charge in [-0.2, -0.15) is 5.10 Å². The second-order valence-electron chi connectivity index (χ2n) is 8.36. The fourth-order valence-electron chi connectivity index (χ4n) is 4.68. The molecule has 2 aliphatic rings. The van der Waals surface area contributed by atoms with Gasteiger partial charge in [0.25, 0.3) is 0 Å². The topological polar surface area (TPSA) is 50.9 Å². The van der Waals surface area contributed by atoms with E-state index in [-0.39, 0.29) is 12.4 Å². The van der Waals surface area contributed by atoms with Crippen LogP contribution in [0.4, 0.5) is 0 Å². The molecule has 3 aromatic heterocycles. The van der Waals surface area contributed by atoms with Crippen LogP contribution in [-0.2, 0) is 27.2 Å². The van der Waals surface area contributed by atoms with E-state index >= 15 is 0 Å². The zero-order valence-corrected chi connectivity index (χ0v) is 18.7. The van der Waals surface area contributed by atoms with Gasteiger partial charge in [-0.1, -0.05) is 0 Å². The third-order valence-corrected chi connectivity index (χ3v) is 7.58. The van der Waals surface area contributed by atoms with E-state index in [9.17, 15) is 0 Å². The number of hydrogen-bond acceptors (Lipinski definition) is 5. The average molecular weight is 433 g/mol. The molecular formula is C21H29ClN6S. The number of nitrogens with one attached hydrogen (secondary N) is 1. The summed E-state index contributed by atoms with van der Waals surface area (Å²) in [4.78, 5) is 9.99. The predicted octanol–water partition coefficient (Wildman–Crippen LogP) is 3.45. The van der Waals surface area contributed by atoms with Gasteiger partial charge in [-0.05, 0) is 49.9 Å². The zero-order valence-electron chi connectivity index (χ0n) is 17.0. The lowest BCUT2D eigenvalue weighted by Gasteiger charge is -2.29. The van der Waals surface area contributed by atoms with E-state index in [1.165, 1.54) is 34.6 Å². The summed E-state index contributed by atoms with van der Waals surface area (Å²) in [5.74, 6) is 1.15. The molecule has 1 unspecified atom stereocenters. The monoisotopic (exact) mass is 432 g/mol. The fourth-order valence-corrected chi connectivity index (χ4v) is 5.69. The van der Waals surface area contributed by atoms with Crippen LogP contribution in [0.2, 0.25) is 0 Å². The van der Waals surface area contributed by atoms with E-state index in [4.69, 9.17) is 0 Å². The molecule has 1 N–H and O–H groups in total. The first-order valence-corrected chi connectivity index (χ1v) is 10.9. The minimum atomic E-state index is 0. The summed E-state index contributed by atoms with van der Waals surface area (Å²) < 4.78 is 4.02. The molecule has 1 saturated heterocycles. The summed E-state index contributed by atoms with van der Waals surface area (Å²) >= 11 is 1.89. The molecule has 0 radical (unpaired) electrons. The number of rotatable bonds is 6. The Morgan fingerprint density at radius 1 is 1.24 bits per heavy atom. The van der Waals surface area contributed by atoms with Crippen molar-refractivity contribution in [1.29, 1.82) is 0 Å². The van der Waals surface area contributed by atoms with Crippen LogP contribution in [0.1, 0.15) is 30.0 Å². The summed E-state index contributed by atoms with van der Waals surface area (Å²) in [6.45, 7) is 4.24. The fraction of sp³-hybridized carbons (Fsp3) is 0.524. The smallest absolute Gasteiger partial charge is 0.122 e. The Bertz CT molecular complexity index is 954. The van der Waals surface area contributed by atoms with Crippen molar-refractivity contribution < 1.29 is 0 Å². The van der Waals surface area contributed by atoms with Gasteiger partial charge in [-0.3, -0.25) is 9.58 Å². The first kappa shape index (κ1) is 20.6. The molecule has 0 amide bonds. The van der Waals surface area contributed by atoms with Crippen LogP contribution in [0.3, 0.4) is 0 Å². The standard InChI is InChI=1S/C21H28N6S.ClH/c1-25-10-9-23-20(25)15-27(19-11-21(19)5-7-22-8-6-21)14-17-3-4-18(28-17)16-12-24-26(2)13-16;/h3-4,9-10,12-13,19,22H,5-8,11,14-15H2,1-2H3;1H. The van der Waals surface area contributed by atoms with E-state index < -0.39 is 0 Å². The van der Waals surface area contributed by atoms with E-state index in [1.54, 1.807) is 0 Å². The van der Waals surface area contributed by atoms with E-state index in [1.807, 2.05) is 41.7 Å². The van der Waals surface area contributed by atoms with Gasteiger partial charge in [-0.15, -0.1) is 23.7 Å². The number of imidazole rings is 1. The largest absolute Gasteiger partial charge is 0.337 e. The second kappa shape index (κ2) is 8.22. The van der Waals surface area contributed by atoms with E-state index in [2.05, 4.69) is 50.2 Å². The van der Waals surface area contributed by atoms with Crippen molar-refractivity contribution in [3.05, 3.63) is 47.6 Å². The van der Waals surface area contributed by atoms with Gasteiger partial charge >= 0.3 is 0 Å². The second-order valence-corrected chi connectivity index (χ2v) is 9.53. The highest BCUT2D eigenvalue weighted by atomic mass is 35.5. The third kappa shape index (κ3) is 4.14. The molecule has 156 valence electrons. The van der Waals surface area contributed by atoms with Crippen LogP contribution in [0.25, 0.3) is 10.4 Å². The molecule has 0 aromatic carbocycles. The van der Waals surface area contributed by atoms with Crippen LogP contribution in [0.15, 0.2) is 36.9 Å². The Morgan fingerprint density at radius 2 is 2.07 bits per heavy atom. The van der Waals surface area contributed by atoms with Crippen molar-refractivity contribution in [1.82, 2.24) is 29.5 Å². The summed E-state index contributed by atoms with van der Waals surface area (Å²) in [7, 11) is 4.07. The van der Waals surface area contributed by atoms with Crippen molar-refractivity contribution >= 4 is 23.7 Å². The number of halogens is 1. The molecule has 3 aromatic rings. The lowest BCUT2D eigenvalue weighted by atomic mass is 9.93. The van der Waals surface area contributed by atoms with Gasteiger partial charge in [0.1, 0.15) is 5.82 Å². The number of nitrogens with zero attached hydrogens (tertiary/aromatic N) is 5. The Labute approximate surface area is 182 Å². The number of aryl methyl sites for hydroxylation is 2. The third-order valence-electron chi connectivity index (χ3n) is 6.46. The number of piperidine rings is 1. The maximum absolute atomic E-state index is 4.60. The van der Waals surface area contributed by atoms with Crippen molar-refractivity contribution in [3.8, 4) is 10.4 Å². The Morgan fingerprint density at radius 3 is 2.76 bits per heavy atom. The summed E-state index contributed by atoms with van der Waals surface area (Å²) in [5, 5.41) is 7.84. The van der Waals surface area contributed by atoms with Gasteiger partial charge in [0.05, 0.1) is 12.7 Å². The normalized spacial score (nSPS) is 20.2. The quantitative estimate of drug-likeness (QED) is 0.648. The molecule has 6 nitrogen and oxygen atoms in total. The molecule has 29 heavy (non-hydrogen) atoms. The Hall–Kier alpha value is -1.67. The van der Waals surface area contributed by atoms with Gasteiger partial charge in [-0.25, -0.2) is 4.98 Å². The zero-order chi connectivity index (χ0) is 19.1. The molecule has 1 aliphatic heterocycles. The maximum atomic E-state index is 4.60. The lowest BCUT2D eigenvalue weighted by molar-refractivity contribution is 0.184. The minimum Gasteiger partial charge on any atom is -0.337 e. The molecule has 1 aliphatic carbocycles. The van der Waals surface area contributed by atoms with E-state index in [0.717, 1.165) is 32.0 Å². The molecule has 1 saturated carbocycles. The van der Waals surface area contributed by atoms with Gasteiger partial charge in [0.2, 0.25) is 0 Å². The van der Waals surface area contributed by atoms with Crippen LogP contribution < -0.4 is 5.32 Å². The summed E-state index contributed by atoms with van der Waals surface area (Å²) in [5.41, 5.74) is 1.73. The Kier molecular flexibility index (Phi) is 5.84. The van der Waals surface area contributed by atoms with Crippen molar-refractivity contribution in [2.45, 2.75) is 38.4 Å². The maximum Gasteiger partial charge on any atom is 0.122 e. The first-order chi connectivity index (χ1) is 13.6. The SMILES string of the molecule is Cl.Cn1cc(-c2ccc(CN(Cc3nccn3C)C3CC34CCNCC4)s2)cn1. The molecular weight excluding hydrogens is 404 g/mol. The molecule has 2 fully saturated rings. The first-order valence-electron chi connectivity index (χ1n) is 10.1. The molecule has 8 heteroatoms. The molecule has 4 heterocycles. The summed E-state index contributed by atoms with van der Waals surface area (Å²) in [6.07, 6.45) is 11.9. The van der Waals surface area contributed by atoms with Crippen molar-refractivity contribution in [3.63, 3.8) is 0 Å². The van der Waals surface area contributed by atoms with Crippen molar-refractivity contribution in [2.75, 3.05) is 13.1 Å². The highest BCUT2D eigenvalue weighted by Crippen LogP contribution is 2.56. The number of hydrogen-bond donors (Lipinski definition) is 1. The summed E-state index contributed by atoms with van der Waals surface area (Å²) in [6, 6.07) is 5.20. The number of thiophene rings is 1. The lowest BCUT2D eigenvalue weighted by Crippen LogP contribution is -2.36. The molecule has 1 atom stereocenters. The molecule has 0 bridgehead atoms. The van der Waals surface area contributed by atoms with Crippen LogP contribution in [0, 0.1) is 5.41 Å². The number of aromatic nitrogens is 4. The van der Waals surface area contributed by atoms with Gasteiger partial charge in [0, 0.05) is 60.6 Å². The van der Waals surface area contributed by atoms with Crippen LogP contribution in [-0.4, -0.2) is 43.4 Å².